The van der Waals surface area contributed by atoms with Crippen molar-refractivity contribution in [1.82, 2.24) is 15.0 Å². The Morgan fingerprint density at radius 2 is 2.26 bits per heavy atom. The van der Waals surface area contributed by atoms with Gasteiger partial charge >= 0.3 is 6.09 Å². The zero-order chi connectivity index (χ0) is 13.7. The molecule has 0 spiro atoms. The first-order valence-electron chi connectivity index (χ1n) is 5.61. The number of hydrogen-bond acceptors (Lipinski definition) is 5. The number of hydrogen-bond donors (Lipinski definition) is 1. The monoisotopic (exact) mass is 262 g/mol. The van der Waals surface area contributed by atoms with Gasteiger partial charge in [0.05, 0.1) is 18.5 Å². The number of carbonyl (C=O) groups excluding carboxylic acids is 1. The van der Waals surface area contributed by atoms with E-state index in [2.05, 4.69) is 15.0 Å². The van der Waals surface area contributed by atoms with Crippen LogP contribution in [0.15, 0.2) is 30.5 Å². The summed E-state index contributed by atoms with van der Waals surface area (Å²) in [5.41, 5.74) is 7.29. The Kier molecular flexibility index (Phi) is 4.09. The van der Waals surface area contributed by atoms with Crippen LogP contribution in [0.25, 0.3) is 5.69 Å². The number of amides is 1. The van der Waals surface area contributed by atoms with Crippen molar-refractivity contribution in [2.45, 2.75) is 13.2 Å². The molecule has 0 saturated heterocycles. The lowest BCUT2D eigenvalue weighted by molar-refractivity contribution is 0.149. The van der Waals surface area contributed by atoms with E-state index < -0.39 is 6.09 Å². The lowest BCUT2D eigenvalue weighted by Gasteiger charge is -2.03. The average molecular weight is 262 g/mol. The Bertz CT molecular complexity index is 568. The minimum Gasteiger partial charge on any atom is -0.443 e. The van der Waals surface area contributed by atoms with E-state index in [1.807, 2.05) is 24.3 Å². The molecule has 7 heteroatoms. The maximum atomic E-state index is 10.5. The Balaban J connectivity index is 2.13. The number of rotatable bonds is 5. The number of benzene rings is 1. The van der Waals surface area contributed by atoms with Gasteiger partial charge in [-0.05, 0) is 17.7 Å². The standard InChI is InChI=1S/C12H14N4O3/c1-18-7-9-3-2-4-11(5-9)16-6-10(14-15-16)8-19-12(13)17/h2-6H,7-8H2,1H3,(H2,13,17). The first-order valence-corrected chi connectivity index (χ1v) is 5.61. The van der Waals surface area contributed by atoms with Crippen molar-refractivity contribution < 1.29 is 14.3 Å². The molecule has 0 radical (unpaired) electrons. The summed E-state index contributed by atoms with van der Waals surface area (Å²) in [4.78, 5) is 10.5. The van der Waals surface area contributed by atoms with Gasteiger partial charge in [0.1, 0.15) is 12.3 Å². The number of methoxy groups -OCH3 is 1. The summed E-state index contributed by atoms with van der Waals surface area (Å²) in [5, 5.41) is 7.85. The van der Waals surface area contributed by atoms with Crippen LogP contribution in [0.4, 0.5) is 4.79 Å². The van der Waals surface area contributed by atoms with Crippen molar-refractivity contribution in [3.05, 3.63) is 41.7 Å². The smallest absolute Gasteiger partial charge is 0.404 e. The van der Waals surface area contributed by atoms with Gasteiger partial charge in [0.25, 0.3) is 0 Å². The molecule has 0 fully saturated rings. The van der Waals surface area contributed by atoms with Gasteiger partial charge in [0.15, 0.2) is 0 Å². The van der Waals surface area contributed by atoms with Crippen LogP contribution in [-0.4, -0.2) is 28.2 Å². The minimum atomic E-state index is -0.836. The molecule has 0 aliphatic heterocycles. The van der Waals surface area contributed by atoms with Crippen molar-refractivity contribution in [3.63, 3.8) is 0 Å². The molecule has 100 valence electrons. The first-order chi connectivity index (χ1) is 9.19. The van der Waals surface area contributed by atoms with Crippen molar-refractivity contribution in [3.8, 4) is 5.69 Å². The predicted molar refractivity (Wildman–Crippen MR) is 66.4 cm³/mol. The fourth-order valence-corrected chi connectivity index (χ4v) is 1.59. The van der Waals surface area contributed by atoms with Crippen molar-refractivity contribution in [2.75, 3.05) is 7.11 Å². The quantitative estimate of drug-likeness (QED) is 0.868. The Morgan fingerprint density at radius 1 is 1.42 bits per heavy atom. The highest BCUT2D eigenvalue weighted by Crippen LogP contribution is 2.11. The van der Waals surface area contributed by atoms with Crippen LogP contribution in [0, 0.1) is 0 Å². The molecular formula is C12H14N4O3. The van der Waals surface area contributed by atoms with Gasteiger partial charge in [-0.15, -0.1) is 5.10 Å². The summed E-state index contributed by atoms with van der Waals surface area (Å²) in [5.74, 6) is 0. The molecule has 1 aromatic carbocycles. The van der Waals surface area contributed by atoms with E-state index in [1.165, 1.54) is 0 Å². The molecule has 0 saturated carbocycles. The third-order valence-corrected chi connectivity index (χ3v) is 2.39. The van der Waals surface area contributed by atoms with E-state index in [9.17, 15) is 4.79 Å². The third kappa shape index (κ3) is 3.52. The van der Waals surface area contributed by atoms with Crippen LogP contribution >= 0.6 is 0 Å². The van der Waals surface area contributed by atoms with Gasteiger partial charge in [-0.1, -0.05) is 17.3 Å². The van der Waals surface area contributed by atoms with Crippen LogP contribution in [-0.2, 0) is 22.7 Å². The Morgan fingerprint density at radius 3 is 3.00 bits per heavy atom. The lowest BCUT2D eigenvalue weighted by atomic mass is 10.2. The number of nitrogens with zero attached hydrogens (tertiary/aromatic N) is 3. The van der Waals surface area contributed by atoms with Gasteiger partial charge in [0, 0.05) is 7.11 Å². The van der Waals surface area contributed by atoms with Crippen molar-refractivity contribution in [2.24, 2.45) is 5.73 Å². The van der Waals surface area contributed by atoms with Crippen molar-refractivity contribution >= 4 is 6.09 Å². The molecule has 0 bridgehead atoms. The Labute approximate surface area is 109 Å². The van der Waals surface area contributed by atoms with Gasteiger partial charge in [0.2, 0.25) is 0 Å². The fraction of sp³-hybridized carbons (Fsp3) is 0.250. The largest absolute Gasteiger partial charge is 0.443 e. The predicted octanol–water partition coefficient (Wildman–Crippen LogP) is 1.01. The molecule has 19 heavy (non-hydrogen) atoms. The number of aromatic nitrogens is 3. The molecule has 1 heterocycles. The Hall–Kier alpha value is -2.41. The molecule has 1 amide bonds. The molecule has 1 aromatic heterocycles. The van der Waals surface area contributed by atoms with E-state index in [-0.39, 0.29) is 6.61 Å². The lowest BCUT2D eigenvalue weighted by Crippen LogP contribution is -2.12. The maximum Gasteiger partial charge on any atom is 0.404 e. The SMILES string of the molecule is COCc1cccc(-n2cc(COC(N)=O)nn2)c1. The molecule has 2 N–H and O–H groups in total. The van der Waals surface area contributed by atoms with Crippen LogP contribution in [0.3, 0.4) is 0 Å². The van der Waals surface area contributed by atoms with E-state index in [0.717, 1.165) is 11.3 Å². The summed E-state index contributed by atoms with van der Waals surface area (Å²) >= 11 is 0. The molecular weight excluding hydrogens is 248 g/mol. The van der Waals surface area contributed by atoms with Gasteiger partial charge in [-0.3, -0.25) is 0 Å². The maximum absolute atomic E-state index is 10.5. The van der Waals surface area contributed by atoms with Crippen LogP contribution in [0.2, 0.25) is 0 Å². The summed E-state index contributed by atoms with van der Waals surface area (Å²) in [6.07, 6.45) is 0.839. The zero-order valence-electron chi connectivity index (χ0n) is 10.4. The molecule has 7 nitrogen and oxygen atoms in total. The molecule has 2 aromatic rings. The number of ether oxygens (including phenoxy) is 2. The fourth-order valence-electron chi connectivity index (χ4n) is 1.59. The van der Waals surface area contributed by atoms with Crippen molar-refractivity contribution in [1.29, 1.82) is 0 Å². The number of nitrogens with two attached hydrogens (primary N) is 1. The summed E-state index contributed by atoms with van der Waals surface area (Å²) < 4.78 is 11.3. The average Bonchev–Trinajstić information content (AvgIpc) is 2.86. The summed E-state index contributed by atoms with van der Waals surface area (Å²) in [6, 6.07) is 7.70. The van der Waals surface area contributed by atoms with E-state index in [4.69, 9.17) is 10.5 Å². The normalized spacial score (nSPS) is 10.4. The van der Waals surface area contributed by atoms with Crippen LogP contribution < -0.4 is 5.73 Å². The highest BCUT2D eigenvalue weighted by molar-refractivity contribution is 5.64. The topological polar surface area (TPSA) is 92.3 Å². The number of carbonyl (C=O) groups is 1. The number of primary amides is 1. The second-order valence-corrected chi connectivity index (χ2v) is 3.87. The molecule has 0 aliphatic rings. The first kappa shape index (κ1) is 13.0. The molecule has 0 aliphatic carbocycles. The minimum absolute atomic E-state index is 0.00704. The third-order valence-electron chi connectivity index (χ3n) is 2.39. The highest BCUT2D eigenvalue weighted by atomic mass is 16.5. The van der Waals surface area contributed by atoms with Crippen LogP contribution in [0.5, 0.6) is 0 Å². The van der Waals surface area contributed by atoms with E-state index in [0.29, 0.717) is 12.3 Å². The molecule has 0 unspecified atom stereocenters. The van der Waals surface area contributed by atoms with E-state index >= 15 is 0 Å². The van der Waals surface area contributed by atoms with E-state index in [1.54, 1.807) is 18.0 Å². The second-order valence-electron chi connectivity index (χ2n) is 3.87. The van der Waals surface area contributed by atoms with Gasteiger partial charge < -0.3 is 15.2 Å². The summed E-state index contributed by atoms with van der Waals surface area (Å²) in [7, 11) is 1.64. The molecule has 0 atom stereocenters. The zero-order valence-corrected chi connectivity index (χ0v) is 10.4. The summed E-state index contributed by atoms with van der Waals surface area (Å²) in [6.45, 7) is 0.535. The molecule has 2 rings (SSSR count). The van der Waals surface area contributed by atoms with Crippen LogP contribution in [0.1, 0.15) is 11.3 Å². The van der Waals surface area contributed by atoms with Gasteiger partial charge in [-0.25, -0.2) is 9.48 Å². The second kappa shape index (κ2) is 5.96. The van der Waals surface area contributed by atoms with Gasteiger partial charge in [-0.2, -0.15) is 0 Å². The highest BCUT2D eigenvalue weighted by Gasteiger charge is 2.05.